The van der Waals surface area contributed by atoms with E-state index in [9.17, 15) is 18.0 Å². The maximum absolute atomic E-state index is 13.1. The Morgan fingerprint density at radius 3 is 1.22 bits per heavy atom. The fraction of sp³-hybridized carbons (Fsp3) is 0.0500. The third kappa shape index (κ3) is 4.32. The van der Waals surface area contributed by atoms with Crippen LogP contribution >= 0.6 is 7.49 Å². The van der Waals surface area contributed by atoms with Crippen LogP contribution in [0.15, 0.2) is 91.0 Å². The summed E-state index contributed by atoms with van der Waals surface area (Å²) in [6, 6.07) is 25.8. The minimum absolute atomic E-state index is 0. The second-order valence-electron chi connectivity index (χ2n) is 5.49. The summed E-state index contributed by atoms with van der Waals surface area (Å²) in [6.45, 7) is 0. The highest BCUT2D eigenvalue weighted by Gasteiger charge is 2.56. The standard InChI is InChI=1S/C20H15F3O2P.ClH/c21-20(22,23)19(24)25-26(16-10-4-1-5-11-16,17-12-6-2-7-13-17)18-14-8-3-9-15-18;/h1-15H;1H/q+1;/p-1. The lowest BCUT2D eigenvalue weighted by Gasteiger charge is -2.25. The Morgan fingerprint density at radius 2 is 0.963 bits per heavy atom. The summed E-state index contributed by atoms with van der Waals surface area (Å²) in [4.78, 5) is 11.9. The molecule has 7 heteroatoms. The van der Waals surface area contributed by atoms with E-state index < -0.39 is 19.6 Å². The number of benzene rings is 3. The first-order valence-electron chi connectivity index (χ1n) is 7.81. The molecule has 0 bridgehead atoms. The Labute approximate surface area is 161 Å². The number of carbonyl (C=O) groups is 1. The van der Waals surface area contributed by atoms with E-state index in [0.29, 0.717) is 15.9 Å². The zero-order valence-corrected chi connectivity index (χ0v) is 15.6. The first-order chi connectivity index (χ1) is 12.4. The first-order valence-corrected chi connectivity index (χ1v) is 9.52. The van der Waals surface area contributed by atoms with Crippen LogP contribution < -0.4 is 28.3 Å². The zero-order valence-electron chi connectivity index (χ0n) is 13.9. The minimum Gasteiger partial charge on any atom is -1.00 e. The number of hydrogen-bond acceptors (Lipinski definition) is 2. The summed E-state index contributed by atoms with van der Waals surface area (Å²) in [5.41, 5.74) is 0. The minimum atomic E-state index is -5.08. The predicted octanol–water partition coefficient (Wildman–Crippen LogP) is 1.00. The molecule has 0 N–H and O–H groups in total. The quantitative estimate of drug-likeness (QED) is 0.600. The van der Waals surface area contributed by atoms with Crippen molar-refractivity contribution in [2.24, 2.45) is 0 Å². The summed E-state index contributed by atoms with van der Waals surface area (Å²) >= 11 is 0. The molecule has 0 amide bonds. The van der Waals surface area contributed by atoms with Gasteiger partial charge in [-0.05, 0) is 36.4 Å². The molecule has 0 unspecified atom stereocenters. The third-order valence-electron chi connectivity index (χ3n) is 3.81. The molecule has 3 rings (SSSR count). The number of carbonyl (C=O) groups excluding carboxylic acids is 1. The number of alkyl halides is 3. The van der Waals surface area contributed by atoms with Crippen LogP contribution in [0, 0.1) is 0 Å². The Balaban J connectivity index is 0.00000261. The molecule has 0 saturated carbocycles. The molecule has 27 heavy (non-hydrogen) atoms. The molecule has 3 aromatic carbocycles. The molecule has 0 aliphatic rings. The van der Waals surface area contributed by atoms with E-state index in [1.54, 1.807) is 91.0 Å². The van der Waals surface area contributed by atoms with Crippen LogP contribution in [0.5, 0.6) is 0 Å². The first kappa shape index (κ1) is 20.9. The van der Waals surface area contributed by atoms with Crippen molar-refractivity contribution < 1.29 is 34.9 Å². The SMILES string of the molecule is O=C(O[P+](c1ccccc1)(c1ccccc1)c1ccccc1)C(F)(F)F.[Cl-]. The van der Waals surface area contributed by atoms with Crippen LogP contribution in [-0.2, 0) is 9.32 Å². The summed E-state index contributed by atoms with van der Waals surface area (Å²) in [5.74, 6) is -2.19. The van der Waals surface area contributed by atoms with E-state index in [0.717, 1.165) is 0 Å². The molecule has 3 aromatic rings. The van der Waals surface area contributed by atoms with Gasteiger partial charge in [0.25, 0.3) is 7.49 Å². The van der Waals surface area contributed by atoms with Crippen molar-refractivity contribution in [3.63, 3.8) is 0 Å². The van der Waals surface area contributed by atoms with Gasteiger partial charge in [-0.25, -0.2) is 4.79 Å². The lowest BCUT2D eigenvalue weighted by molar-refractivity contribution is -0.189. The van der Waals surface area contributed by atoms with Crippen molar-refractivity contribution in [2.45, 2.75) is 6.18 Å². The molecule has 140 valence electrons. The Morgan fingerprint density at radius 1 is 0.667 bits per heavy atom. The van der Waals surface area contributed by atoms with Gasteiger partial charge >= 0.3 is 12.1 Å². The zero-order chi connectivity index (χ0) is 18.6. The summed E-state index contributed by atoms with van der Waals surface area (Å²) in [5, 5.41) is 1.61. The van der Waals surface area contributed by atoms with Gasteiger partial charge in [-0.15, -0.1) is 0 Å². The summed E-state index contributed by atoms with van der Waals surface area (Å²) in [7, 11) is -3.28. The second kappa shape index (κ2) is 8.55. The highest BCUT2D eigenvalue weighted by atomic mass is 35.5. The van der Waals surface area contributed by atoms with Crippen LogP contribution in [-0.4, -0.2) is 12.1 Å². The van der Waals surface area contributed by atoms with Crippen molar-refractivity contribution >= 4 is 29.4 Å². The second-order valence-corrected chi connectivity index (χ2v) is 8.44. The van der Waals surface area contributed by atoms with Gasteiger partial charge in [0.05, 0.1) is 0 Å². The van der Waals surface area contributed by atoms with E-state index >= 15 is 0 Å². The number of halogens is 4. The predicted molar refractivity (Wildman–Crippen MR) is 97.3 cm³/mol. The Hall–Kier alpha value is -2.36. The van der Waals surface area contributed by atoms with Crippen LogP contribution in [0.25, 0.3) is 0 Å². The molecule has 2 nitrogen and oxygen atoms in total. The van der Waals surface area contributed by atoms with Crippen LogP contribution in [0.3, 0.4) is 0 Å². The third-order valence-corrected chi connectivity index (χ3v) is 7.33. The largest absolute Gasteiger partial charge is 1.00 e. The average molecular weight is 411 g/mol. The summed E-state index contributed by atoms with van der Waals surface area (Å²) < 4.78 is 44.5. The van der Waals surface area contributed by atoms with E-state index in [2.05, 4.69) is 0 Å². The van der Waals surface area contributed by atoms with Crippen molar-refractivity contribution in [2.75, 3.05) is 0 Å². The molecule has 0 aromatic heterocycles. The van der Waals surface area contributed by atoms with Gasteiger partial charge in [0.15, 0.2) is 0 Å². The van der Waals surface area contributed by atoms with E-state index in [-0.39, 0.29) is 12.4 Å². The smallest absolute Gasteiger partial charge is 0.495 e. The molecule has 0 fully saturated rings. The highest BCUT2D eigenvalue weighted by molar-refractivity contribution is 7.92. The van der Waals surface area contributed by atoms with Crippen molar-refractivity contribution in [1.29, 1.82) is 0 Å². The molecule has 0 heterocycles. The van der Waals surface area contributed by atoms with Crippen LogP contribution in [0.1, 0.15) is 0 Å². The van der Waals surface area contributed by atoms with Gasteiger partial charge in [-0.3, -0.25) is 4.52 Å². The molecule has 0 aliphatic carbocycles. The number of rotatable bonds is 4. The fourth-order valence-electron chi connectivity index (χ4n) is 2.70. The molecular weight excluding hydrogens is 396 g/mol. The average Bonchev–Trinajstić information content (AvgIpc) is 2.67. The van der Waals surface area contributed by atoms with Gasteiger partial charge in [-0.2, -0.15) is 13.2 Å². The molecule has 0 radical (unpaired) electrons. The molecule has 0 saturated heterocycles. The topological polar surface area (TPSA) is 26.3 Å². The van der Waals surface area contributed by atoms with Gasteiger partial charge in [0, 0.05) is 0 Å². The maximum Gasteiger partial charge on any atom is 0.495 e. The van der Waals surface area contributed by atoms with Crippen molar-refractivity contribution in [3.8, 4) is 0 Å². The maximum atomic E-state index is 13.1. The normalized spacial score (nSPS) is 11.4. The summed E-state index contributed by atoms with van der Waals surface area (Å²) in [6.07, 6.45) is -5.08. The fourth-order valence-corrected chi connectivity index (χ4v) is 6.03. The molecule has 0 atom stereocenters. The van der Waals surface area contributed by atoms with Crippen molar-refractivity contribution in [1.82, 2.24) is 0 Å². The van der Waals surface area contributed by atoms with Gasteiger partial charge in [0.2, 0.25) is 0 Å². The molecular formula is C20H15ClF3O2P. The molecule has 0 spiro atoms. The van der Waals surface area contributed by atoms with Gasteiger partial charge in [-0.1, -0.05) is 54.6 Å². The van der Waals surface area contributed by atoms with Crippen LogP contribution in [0.2, 0.25) is 0 Å². The van der Waals surface area contributed by atoms with E-state index in [4.69, 9.17) is 4.52 Å². The Kier molecular flexibility index (Phi) is 6.63. The van der Waals surface area contributed by atoms with Gasteiger partial charge < -0.3 is 12.4 Å². The monoisotopic (exact) mass is 410 g/mol. The lowest BCUT2D eigenvalue weighted by Crippen LogP contribution is -3.00. The van der Waals surface area contributed by atoms with E-state index in [1.807, 2.05) is 0 Å². The van der Waals surface area contributed by atoms with Gasteiger partial charge in [0.1, 0.15) is 15.9 Å². The number of hydrogen-bond donors (Lipinski definition) is 0. The van der Waals surface area contributed by atoms with Crippen LogP contribution in [0.4, 0.5) is 13.2 Å². The molecule has 0 aliphatic heterocycles. The lowest BCUT2D eigenvalue weighted by atomic mass is 10.4. The highest BCUT2D eigenvalue weighted by Crippen LogP contribution is 2.57. The Bertz CT molecular complexity index is 775. The van der Waals surface area contributed by atoms with Crippen molar-refractivity contribution in [3.05, 3.63) is 91.0 Å². The van der Waals surface area contributed by atoms with E-state index in [1.165, 1.54) is 0 Å².